The van der Waals surface area contributed by atoms with E-state index in [0.717, 1.165) is 31.1 Å². The van der Waals surface area contributed by atoms with E-state index in [1.165, 1.54) is 42.5 Å². The van der Waals surface area contributed by atoms with Crippen molar-refractivity contribution >= 4 is 22.4 Å². The van der Waals surface area contributed by atoms with Gasteiger partial charge in [-0.1, -0.05) is 31.6 Å². The van der Waals surface area contributed by atoms with Gasteiger partial charge in [0.05, 0.1) is 6.61 Å². The highest BCUT2D eigenvalue weighted by molar-refractivity contribution is 7.17. The van der Waals surface area contributed by atoms with E-state index in [-0.39, 0.29) is 18.0 Å². The summed E-state index contributed by atoms with van der Waals surface area (Å²) in [4.78, 5) is 23.2. The summed E-state index contributed by atoms with van der Waals surface area (Å²) in [5, 5.41) is 0.729. The van der Waals surface area contributed by atoms with Crippen molar-refractivity contribution in [3.63, 3.8) is 0 Å². The molecule has 0 radical (unpaired) electrons. The van der Waals surface area contributed by atoms with Crippen molar-refractivity contribution in [1.29, 1.82) is 0 Å². The van der Waals surface area contributed by atoms with E-state index < -0.39 is 11.8 Å². The number of esters is 1. The molecule has 0 unspecified atom stereocenters. The molecule has 0 bridgehead atoms. The van der Waals surface area contributed by atoms with Gasteiger partial charge in [0, 0.05) is 19.3 Å². The van der Waals surface area contributed by atoms with Crippen LogP contribution in [0.2, 0.25) is 0 Å². The van der Waals surface area contributed by atoms with E-state index in [1.807, 2.05) is 0 Å². The summed E-state index contributed by atoms with van der Waals surface area (Å²) in [6.45, 7) is 8.06. The molecule has 26 heavy (non-hydrogen) atoms. The molecule has 0 amide bonds. The number of rotatable bonds is 4. The molecule has 142 valence electrons. The molecular weight excluding hydrogens is 353 g/mol. The van der Waals surface area contributed by atoms with Gasteiger partial charge in [0.2, 0.25) is 0 Å². The number of piperidine rings is 1. The lowest BCUT2D eigenvalue weighted by molar-refractivity contribution is 0.0532. The van der Waals surface area contributed by atoms with E-state index >= 15 is 0 Å². The number of carbonyl (C=O) groups is 1. The SMILES string of the molecule is CCC.CCOC(=O)c1sc(N2CCCCC2)nc1-c1ncccc1F. The van der Waals surface area contributed by atoms with Crippen molar-refractivity contribution in [2.45, 2.75) is 46.5 Å². The van der Waals surface area contributed by atoms with Gasteiger partial charge >= 0.3 is 5.97 Å². The quantitative estimate of drug-likeness (QED) is 0.705. The second-order valence-corrected chi connectivity index (χ2v) is 6.96. The lowest BCUT2D eigenvalue weighted by atomic mass is 10.1. The van der Waals surface area contributed by atoms with Crippen LogP contribution in [0, 0.1) is 5.82 Å². The van der Waals surface area contributed by atoms with Crippen LogP contribution in [0.25, 0.3) is 11.4 Å². The van der Waals surface area contributed by atoms with Crippen molar-refractivity contribution in [2.24, 2.45) is 0 Å². The highest BCUT2D eigenvalue weighted by Crippen LogP contribution is 2.34. The van der Waals surface area contributed by atoms with Crippen LogP contribution in [0.4, 0.5) is 9.52 Å². The molecule has 2 aromatic rings. The highest BCUT2D eigenvalue weighted by Gasteiger charge is 2.26. The van der Waals surface area contributed by atoms with Gasteiger partial charge in [0.1, 0.15) is 16.3 Å². The Morgan fingerprint density at radius 3 is 2.54 bits per heavy atom. The van der Waals surface area contributed by atoms with E-state index in [4.69, 9.17) is 4.74 Å². The van der Waals surface area contributed by atoms with Crippen LogP contribution in [-0.4, -0.2) is 35.6 Å². The van der Waals surface area contributed by atoms with Crippen molar-refractivity contribution in [1.82, 2.24) is 9.97 Å². The number of ether oxygens (including phenoxy) is 1. The number of aromatic nitrogens is 2. The second kappa shape index (κ2) is 10.2. The highest BCUT2D eigenvalue weighted by atomic mass is 32.1. The number of hydrogen-bond acceptors (Lipinski definition) is 6. The monoisotopic (exact) mass is 379 g/mol. The largest absolute Gasteiger partial charge is 0.462 e. The Hall–Kier alpha value is -2.02. The first kappa shape index (κ1) is 20.3. The topological polar surface area (TPSA) is 55.3 Å². The molecule has 7 heteroatoms. The number of halogens is 1. The van der Waals surface area contributed by atoms with Gasteiger partial charge in [-0.15, -0.1) is 0 Å². The van der Waals surface area contributed by atoms with E-state index in [0.29, 0.717) is 4.88 Å². The van der Waals surface area contributed by atoms with Gasteiger partial charge in [-0.05, 0) is 38.3 Å². The normalized spacial score (nSPS) is 13.8. The van der Waals surface area contributed by atoms with Crippen LogP contribution in [-0.2, 0) is 4.74 Å². The Morgan fingerprint density at radius 1 is 1.23 bits per heavy atom. The molecule has 3 rings (SSSR count). The number of anilines is 1. The summed E-state index contributed by atoms with van der Waals surface area (Å²) < 4.78 is 19.2. The predicted octanol–water partition coefficient (Wildman–Crippen LogP) is 4.93. The molecule has 0 N–H and O–H groups in total. The van der Waals surface area contributed by atoms with Crippen molar-refractivity contribution in [3.05, 3.63) is 29.0 Å². The molecule has 1 aliphatic rings. The molecule has 0 aromatic carbocycles. The van der Waals surface area contributed by atoms with Crippen LogP contribution >= 0.6 is 11.3 Å². The van der Waals surface area contributed by atoms with Gasteiger partial charge in [-0.2, -0.15) is 0 Å². The zero-order valence-electron chi connectivity index (χ0n) is 15.6. The van der Waals surface area contributed by atoms with E-state index in [2.05, 4.69) is 28.7 Å². The maximum atomic E-state index is 14.1. The zero-order valence-corrected chi connectivity index (χ0v) is 16.4. The smallest absolute Gasteiger partial charge is 0.350 e. The Labute approximate surface area is 158 Å². The summed E-state index contributed by atoms with van der Waals surface area (Å²) in [5.74, 6) is -0.971. The first-order valence-electron chi connectivity index (χ1n) is 9.16. The fourth-order valence-corrected chi connectivity index (χ4v) is 3.60. The van der Waals surface area contributed by atoms with Crippen LogP contribution in [0.15, 0.2) is 18.3 Å². The Kier molecular flexibility index (Phi) is 7.97. The molecule has 0 aliphatic carbocycles. The lowest BCUT2D eigenvalue weighted by Crippen LogP contribution is -2.29. The number of carbonyl (C=O) groups excluding carboxylic acids is 1. The zero-order chi connectivity index (χ0) is 18.9. The predicted molar refractivity (Wildman–Crippen MR) is 103 cm³/mol. The molecule has 1 aliphatic heterocycles. The maximum Gasteiger partial charge on any atom is 0.350 e. The molecule has 3 heterocycles. The minimum atomic E-state index is -0.492. The maximum absolute atomic E-state index is 14.1. The van der Waals surface area contributed by atoms with Crippen LogP contribution < -0.4 is 4.90 Å². The summed E-state index contributed by atoms with van der Waals surface area (Å²) in [6.07, 6.45) is 6.14. The third-order valence-electron chi connectivity index (χ3n) is 3.69. The summed E-state index contributed by atoms with van der Waals surface area (Å²) >= 11 is 1.25. The molecule has 0 saturated carbocycles. The lowest BCUT2D eigenvalue weighted by Gasteiger charge is -2.25. The van der Waals surface area contributed by atoms with E-state index in [9.17, 15) is 9.18 Å². The molecule has 0 spiro atoms. The summed E-state index contributed by atoms with van der Waals surface area (Å²) in [5.41, 5.74) is 0.363. The summed E-state index contributed by atoms with van der Waals surface area (Å²) in [6, 6.07) is 2.83. The van der Waals surface area contributed by atoms with Crippen molar-refractivity contribution in [2.75, 3.05) is 24.6 Å². The number of pyridine rings is 1. The first-order valence-corrected chi connectivity index (χ1v) is 9.97. The van der Waals surface area contributed by atoms with Gasteiger partial charge < -0.3 is 9.64 Å². The van der Waals surface area contributed by atoms with Crippen molar-refractivity contribution < 1.29 is 13.9 Å². The third-order valence-corrected chi connectivity index (χ3v) is 4.78. The Morgan fingerprint density at radius 2 is 1.92 bits per heavy atom. The first-order chi connectivity index (χ1) is 12.6. The molecular formula is C19H26FN3O2S. The van der Waals surface area contributed by atoms with Gasteiger partial charge in [0.25, 0.3) is 0 Å². The van der Waals surface area contributed by atoms with Crippen LogP contribution in [0.5, 0.6) is 0 Å². The number of nitrogens with zero attached hydrogens (tertiary/aromatic N) is 3. The molecule has 1 fully saturated rings. The number of hydrogen-bond donors (Lipinski definition) is 0. The molecule has 5 nitrogen and oxygen atoms in total. The van der Waals surface area contributed by atoms with Crippen LogP contribution in [0.3, 0.4) is 0 Å². The minimum absolute atomic E-state index is 0.0927. The number of thiazole rings is 1. The van der Waals surface area contributed by atoms with Gasteiger partial charge in [-0.3, -0.25) is 4.98 Å². The average Bonchev–Trinajstić information content (AvgIpc) is 3.09. The van der Waals surface area contributed by atoms with E-state index in [1.54, 1.807) is 6.92 Å². The fourth-order valence-electron chi connectivity index (χ4n) is 2.58. The van der Waals surface area contributed by atoms with Gasteiger partial charge in [0.15, 0.2) is 10.9 Å². The van der Waals surface area contributed by atoms with Crippen molar-refractivity contribution in [3.8, 4) is 11.4 Å². The second-order valence-electron chi connectivity index (χ2n) is 5.98. The molecule has 1 saturated heterocycles. The molecule has 2 aromatic heterocycles. The standard InChI is InChI=1S/C16H18FN3O2S.C3H8/c1-2-22-15(21)14-13(12-11(17)7-6-8-18-12)19-16(23-14)20-9-4-3-5-10-20;1-3-2/h6-8H,2-5,9-10H2,1H3;3H2,1-2H3. The Bertz CT molecular complexity index is 715. The third kappa shape index (κ3) is 5.00. The minimum Gasteiger partial charge on any atom is -0.462 e. The van der Waals surface area contributed by atoms with Gasteiger partial charge in [-0.25, -0.2) is 14.2 Å². The fraction of sp³-hybridized carbons (Fsp3) is 0.526. The molecule has 0 atom stereocenters. The average molecular weight is 380 g/mol. The van der Waals surface area contributed by atoms with Crippen LogP contribution in [0.1, 0.15) is 56.1 Å². The summed E-state index contributed by atoms with van der Waals surface area (Å²) in [7, 11) is 0. The Balaban J connectivity index is 0.000000758.